The molecule has 2 N–H and O–H groups in total. The van der Waals surface area contributed by atoms with Gasteiger partial charge in [0.2, 0.25) is 0 Å². The summed E-state index contributed by atoms with van der Waals surface area (Å²) < 4.78 is 5.56. The number of para-hydroxylation sites is 1. The van der Waals surface area contributed by atoms with Crippen LogP contribution in [0, 0.1) is 0 Å². The van der Waals surface area contributed by atoms with Crippen molar-refractivity contribution >= 4 is 0 Å². The van der Waals surface area contributed by atoms with E-state index in [1.54, 1.807) is 7.11 Å². The van der Waals surface area contributed by atoms with Gasteiger partial charge in [-0.3, -0.25) is 4.90 Å². The number of rotatable bonds is 9. The summed E-state index contributed by atoms with van der Waals surface area (Å²) in [6.07, 6.45) is 3.52. The Balaban J connectivity index is 3.17. The molecule has 0 spiro atoms. The second kappa shape index (κ2) is 9.06. The fraction of sp³-hybridized carbons (Fsp3) is 0.667. The molecule has 1 aromatic carbocycles. The van der Waals surface area contributed by atoms with Crippen molar-refractivity contribution in [2.24, 2.45) is 5.73 Å². The maximum atomic E-state index is 6.36. The van der Waals surface area contributed by atoms with Crippen LogP contribution in [-0.4, -0.2) is 30.6 Å². The van der Waals surface area contributed by atoms with Crippen molar-refractivity contribution in [3.05, 3.63) is 29.8 Å². The van der Waals surface area contributed by atoms with Crippen LogP contribution in [0.15, 0.2) is 24.3 Å². The molecule has 0 aliphatic carbocycles. The zero-order valence-corrected chi connectivity index (χ0v) is 14.3. The Hall–Kier alpha value is -1.06. The third-order valence-electron chi connectivity index (χ3n) is 4.24. The fourth-order valence-electron chi connectivity index (χ4n) is 2.88. The Morgan fingerprint density at radius 1 is 1.19 bits per heavy atom. The van der Waals surface area contributed by atoms with Crippen molar-refractivity contribution in [2.75, 3.05) is 13.7 Å². The predicted molar refractivity (Wildman–Crippen MR) is 90.8 cm³/mol. The van der Waals surface area contributed by atoms with Crippen LogP contribution in [0.25, 0.3) is 0 Å². The van der Waals surface area contributed by atoms with Gasteiger partial charge in [0.05, 0.1) is 13.2 Å². The van der Waals surface area contributed by atoms with Crippen LogP contribution in [0.5, 0.6) is 5.75 Å². The molecule has 120 valence electrons. The minimum Gasteiger partial charge on any atom is -0.496 e. The molecule has 3 atom stereocenters. The fourth-order valence-corrected chi connectivity index (χ4v) is 2.88. The highest BCUT2D eigenvalue weighted by Crippen LogP contribution is 2.33. The summed E-state index contributed by atoms with van der Waals surface area (Å²) in [5.74, 6) is 0.935. The summed E-state index contributed by atoms with van der Waals surface area (Å²) in [6.45, 7) is 9.94. The zero-order valence-electron chi connectivity index (χ0n) is 14.3. The van der Waals surface area contributed by atoms with Crippen molar-refractivity contribution in [1.82, 2.24) is 4.90 Å². The van der Waals surface area contributed by atoms with E-state index >= 15 is 0 Å². The molecule has 0 saturated carbocycles. The Labute approximate surface area is 130 Å². The first-order valence-corrected chi connectivity index (χ1v) is 8.20. The average molecular weight is 292 g/mol. The summed E-state index contributed by atoms with van der Waals surface area (Å²) >= 11 is 0. The summed E-state index contributed by atoms with van der Waals surface area (Å²) in [7, 11) is 1.73. The van der Waals surface area contributed by atoms with E-state index in [-0.39, 0.29) is 12.1 Å². The third-order valence-corrected chi connectivity index (χ3v) is 4.24. The number of benzene rings is 1. The highest BCUT2D eigenvalue weighted by atomic mass is 16.5. The summed E-state index contributed by atoms with van der Waals surface area (Å²) in [5.41, 5.74) is 7.56. The van der Waals surface area contributed by atoms with Crippen molar-refractivity contribution < 1.29 is 4.74 Å². The first-order chi connectivity index (χ1) is 10.1. The lowest BCUT2D eigenvalue weighted by Crippen LogP contribution is -2.44. The van der Waals surface area contributed by atoms with Gasteiger partial charge in [0.15, 0.2) is 0 Å². The molecular weight excluding hydrogens is 260 g/mol. The van der Waals surface area contributed by atoms with Crippen LogP contribution >= 0.6 is 0 Å². The van der Waals surface area contributed by atoms with Gasteiger partial charge in [-0.2, -0.15) is 0 Å². The van der Waals surface area contributed by atoms with Gasteiger partial charge in [0.25, 0.3) is 0 Å². The van der Waals surface area contributed by atoms with Gasteiger partial charge in [-0.25, -0.2) is 0 Å². The van der Waals surface area contributed by atoms with Crippen molar-refractivity contribution in [1.29, 1.82) is 0 Å². The highest BCUT2D eigenvalue weighted by Gasteiger charge is 2.28. The molecule has 21 heavy (non-hydrogen) atoms. The van der Waals surface area contributed by atoms with Gasteiger partial charge in [0.1, 0.15) is 5.75 Å². The van der Waals surface area contributed by atoms with E-state index in [4.69, 9.17) is 10.5 Å². The van der Waals surface area contributed by atoms with E-state index in [9.17, 15) is 0 Å². The Morgan fingerprint density at radius 3 is 2.38 bits per heavy atom. The number of nitrogens with zero attached hydrogens (tertiary/aromatic N) is 1. The molecule has 0 aliphatic heterocycles. The van der Waals surface area contributed by atoms with Crippen LogP contribution in [0.2, 0.25) is 0 Å². The molecule has 0 radical (unpaired) electrons. The smallest absolute Gasteiger partial charge is 0.123 e. The molecule has 3 nitrogen and oxygen atoms in total. The van der Waals surface area contributed by atoms with Crippen LogP contribution < -0.4 is 10.5 Å². The quantitative estimate of drug-likeness (QED) is 0.748. The number of methoxy groups -OCH3 is 1. The SMILES string of the molecule is CCCCN(C(C)CC)C(c1ccccc1OC)C(C)N. The molecule has 1 rings (SSSR count). The van der Waals surface area contributed by atoms with Crippen molar-refractivity contribution in [3.8, 4) is 5.75 Å². The molecule has 3 unspecified atom stereocenters. The molecule has 3 heteroatoms. The second-order valence-electron chi connectivity index (χ2n) is 5.89. The zero-order chi connectivity index (χ0) is 15.8. The van der Waals surface area contributed by atoms with Crippen molar-refractivity contribution in [2.45, 2.75) is 65.1 Å². The minimum absolute atomic E-state index is 0.0622. The summed E-state index contributed by atoms with van der Waals surface area (Å²) in [6, 6.07) is 9.03. The standard InChI is InChI=1S/C18H32N2O/c1-6-8-13-20(14(3)7-2)18(15(4)19)16-11-9-10-12-17(16)21-5/h9-12,14-15,18H,6-8,13,19H2,1-5H3. The number of unbranched alkanes of at least 4 members (excludes halogenated alkanes) is 1. The van der Waals surface area contributed by atoms with Gasteiger partial charge in [0, 0.05) is 17.6 Å². The van der Waals surface area contributed by atoms with Gasteiger partial charge in [-0.1, -0.05) is 38.5 Å². The van der Waals surface area contributed by atoms with E-state index in [1.165, 1.54) is 18.4 Å². The van der Waals surface area contributed by atoms with Gasteiger partial charge < -0.3 is 10.5 Å². The van der Waals surface area contributed by atoms with Crippen molar-refractivity contribution in [3.63, 3.8) is 0 Å². The lowest BCUT2D eigenvalue weighted by Gasteiger charge is -2.39. The maximum Gasteiger partial charge on any atom is 0.123 e. The molecule has 0 saturated heterocycles. The minimum atomic E-state index is 0.0622. The Kier molecular flexibility index (Phi) is 7.76. The molecule has 0 heterocycles. The van der Waals surface area contributed by atoms with Crippen LogP contribution in [0.3, 0.4) is 0 Å². The van der Waals surface area contributed by atoms with E-state index in [1.807, 2.05) is 12.1 Å². The van der Waals surface area contributed by atoms with Gasteiger partial charge >= 0.3 is 0 Å². The molecule has 1 aromatic rings. The maximum absolute atomic E-state index is 6.36. The lowest BCUT2D eigenvalue weighted by atomic mass is 9.95. The Morgan fingerprint density at radius 2 is 1.86 bits per heavy atom. The number of hydrogen-bond acceptors (Lipinski definition) is 3. The average Bonchev–Trinajstić information content (AvgIpc) is 2.50. The number of hydrogen-bond donors (Lipinski definition) is 1. The second-order valence-corrected chi connectivity index (χ2v) is 5.89. The largest absolute Gasteiger partial charge is 0.496 e. The third kappa shape index (κ3) is 4.72. The van der Waals surface area contributed by atoms with Crippen LogP contribution in [0.4, 0.5) is 0 Å². The van der Waals surface area contributed by atoms with E-state index in [2.05, 4.69) is 44.7 Å². The van der Waals surface area contributed by atoms with Crippen LogP contribution in [0.1, 0.15) is 58.6 Å². The van der Waals surface area contributed by atoms with E-state index in [0.717, 1.165) is 18.7 Å². The number of ether oxygens (including phenoxy) is 1. The van der Waals surface area contributed by atoms with E-state index in [0.29, 0.717) is 6.04 Å². The Bertz CT molecular complexity index is 406. The molecule has 0 bridgehead atoms. The monoisotopic (exact) mass is 292 g/mol. The highest BCUT2D eigenvalue weighted by molar-refractivity contribution is 5.36. The summed E-state index contributed by atoms with van der Waals surface area (Å²) in [5, 5.41) is 0. The molecule has 0 amide bonds. The lowest BCUT2D eigenvalue weighted by molar-refractivity contribution is 0.119. The topological polar surface area (TPSA) is 38.5 Å². The molecular formula is C18H32N2O. The number of nitrogens with two attached hydrogens (primary N) is 1. The predicted octanol–water partition coefficient (Wildman–Crippen LogP) is 3.98. The first kappa shape index (κ1) is 18.0. The normalized spacial score (nSPS) is 15.8. The first-order valence-electron chi connectivity index (χ1n) is 8.20. The van der Waals surface area contributed by atoms with Gasteiger partial charge in [-0.05, 0) is 39.3 Å². The summed E-state index contributed by atoms with van der Waals surface area (Å²) in [4.78, 5) is 2.55. The van der Waals surface area contributed by atoms with E-state index < -0.39 is 0 Å². The molecule has 0 aromatic heterocycles. The molecule has 0 fully saturated rings. The molecule has 0 aliphatic rings. The van der Waals surface area contributed by atoms with Crippen LogP contribution in [-0.2, 0) is 0 Å². The van der Waals surface area contributed by atoms with Gasteiger partial charge in [-0.15, -0.1) is 0 Å².